The summed E-state index contributed by atoms with van der Waals surface area (Å²) in [5.41, 5.74) is 3.12. The molecule has 9 nitrogen and oxygen atoms in total. The summed E-state index contributed by atoms with van der Waals surface area (Å²) in [4.78, 5) is 34.4. The molecule has 0 bridgehead atoms. The number of amides is 1. The molecule has 0 spiro atoms. The van der Waals surface area contributed by atoms with Crippen LogP contribution in [-0.4, -0.2) is 52.4 Å². The highest BCUT2D eigenvalue weighted by Gasteiger charge is 2.13. The number of hydrogen-bond donors (Lipinski definition) is 3. The maximum Gasteiger partial charge on any atom is 0.256 e. The van der Waals surface area contributed by atoms with Crippen LogP contribution in [0.1, 0.15) is 28.0 Å². The van der Waals surface area contributed by atoms with E-state index in [4.69, 9.17) is 9.84 Å². The predicted molar refractivity (Wildman–Crippen MR) is 139 cm³/mol. The van der Waals surface area contributed by atoms with Crippen LogP contribution in [-0.2, 0) is 6.42 Å². The minimum Gasteiger partial charge on any atom is -0.496 e. The number of rotatable bonds is 10. The number of carbonyl (C=O) groups excluding carboxylic acids is 1. The van der Waals surface area contributed by atoms with Crippen LogP contribution in [0.25, 0.3) is 16.7 Å². The minimum absolute atomic E-state index is 0.0157. The van der Waals surface area contributed by atoms with E-state index in [0.717, 1.165) is 22.4 Å². The Labute approximate surface area is 208 Å². The molecule has 0 aliphatic carbocycles. The molecule has 0 radical (unpaired) electrons. The number of fused-ring (bicyclic) bond motifs is 1. The van der Waals surface area contributed by atoms with Crippen molar-refractivity contribution >= 4 is 22.9 Å². The molecule has 0 aliphatic rings. The van der Waals surface area contributed by atoms with Gasteiger partial charge in [-0.3, -0.25) is 14.2 Å². The van der Waals surface area contributed by atoms with Gasteiger partial charge >= 0.3 is 0 Å². The zero-order chi connectivity index (χ0) is 25.5. The molecular weight excluding hydrogens is 458 g/mol. The van der Waals surface area contributed by atoms with Crippen molar-refractivity contribution in [1.29, 1.82) is 0 Å². The van der Waals surface area contributed by atoms with Crippen molar-refractivity contribution in [3.63, 3.8) is 0 Å². The molecule has 4 aromatic rings. The minimum atomic E-state index is -0.236. The molecule has 0 fully saturated rings. The Morgan fingerprint density at radius 2 is 1.81 bits per heavy atom. The van der Waals surface area contributed by atoms with E-state index in [1.807, 2.05) is 31.2 Å². The van der Waals surface area contributed by atoms with Crippen LogP contribution in [0.15, 0.2) is 65.5 Å². The van der Waals surface area contributed by atoms with Crippen LogP contribution in [0.4, 0.5) is 5.95 Å². The van der Waals surface area contributed by atoms with E-state index >= 15 is 0 Å². The number of nitrogens with one attached hydrogen (secondary N) is 2. The Morgan fingerprint density at radius 3 is 2.56 bits per heavy atom. The van der Waals surface area contributed by atoms with Gasteiger partial charge in [0.2, 0.25) is 5.95 Å². The summed E-state index contributed by atoms with van der Waals surface area (Å²) in [6.07, 6.45) is 1.21. The molecule has 2 aromatic heterocycles. The second kappa shape index (κ2) is 11.5. The van der Waals surface area contributed by atoms with Gasteiger partial charge in [-0.1, -0.05) is 18.2 Å². The largest absolute Gasteiger partial charge is 0.496 e. The number of aliphatic hydroxyl groups excluding tert-OH is 1. The lowest BCUT2D eigenvalue weighted by atomic mass is 10.1. The predicted octanol–water partition coefficient (Wildman–Crippen LogP) is 2.86. The molecule has 0 saturated carbocycles. The number of aliphatic hydroxyl groups is 1. The molecule has 186 valence electrons. The van der Waals surface area contributed by atoms with Crippen molar-refractivity contribution in [2.45, 2.75) is 19.8 Å². The summed E-state index contributed by atoms with van der Waals surface area (Å²) in [6.45, 7) is 2.87. The van der Waals surface area contributed by atoms with E-state index in [2.05, 4.69) is 20.6 Å². The number of aromatic nitrogens is 3. The van der Waals surface area contributed by atoms with Gasteiger partial charge in [0, 0.05) is 36.7 Å². The van der Waals surface area contributed by atoms with Gasteiger partial charge in [-0.25, -0.2) is 4.98 Å². The molecule has 4 rings (SSSR count). The van der Waals surface area contributed by atoms with Crippen molar-refractivity contribution in [3.05, 3.63) is 87.8 Å². The molecule has 1 amide bonds. The van der Waals surface area contributed by atoms with E-state index in [1.54, 1.807) is 37.4 Å². The number of anilines is 1. The molecular formula is C27H29N5O4. The van der Waals surface area contributed by atoms with Gasteiger partial charge in [0.25, 0.3) is 11.5 Å². The molecule has 9 heteroatoms. The SMILES string of the molecule is COc1ccccc1CCNc1nc(C)c2ccc(=O)n(-c3ccc(C(=O)NCCCO)cc3)c2n1. The number of para-hydroxylation sites is 1. The molecule has 3 N–H and O–H groups in total. The van der Waals surface area contributed by atoms with Crippen LogP contribution in [0.2, 0.25) is 0 Å². The third-order valence-corrected chi connectivity index (χ3v) is 5.82. The highest BCUT2D eigenvalue weighted by molar-refractivity contribution is 5.94. The van der Waals surface area contributed by atoms with Crippen LogP contribution >= 0.6 is 0 Å². The monoisotopic (exact) mass is 487 g/mol. The molecule has 0 atom stereocenters. The third kappa shape index (κ3) is 5.52. The first-order valence-corrected chi connectivity index (χ1v) is 11.8. The number of nitrogens with zero attached hydrogens (tertiary/aromatic N) is 3. The van der Waals surface area contributed by atoms with Crippen molar-refractivity contribution in [1.82, 2.24) is 19.9 Å². The lowest BCUT2D eigenvalue weighted by Gasteiger charge is -2.14. The number of carbonyl (C=O) groups is 1. The lowest BCUT2D eigenvalue weighted by Crippen LogP contribution is -2.25. The Hall–Kier alpha value is -4.24. The van der Waals surface area contributed by atoms with E-state index in [-0.39, 0.29) is 18.1 Å². The summed E-state index contributed by atoms with van der Waals surface area (Å²) < 4.78 is 6.93. The first kappa shape index (κ1) is 24.9. The average molecular weight is 488 g/mol. The number of hydrogen-bond acceptors (Lipinski definition) is 7. The molecule has 2 aromatic carbocycles. The lowest BCUT2D eigenvalue weighted by molar-refractivity contribution is 0.0951. The summed E-state index contributed by atoms with van der Waals surface area (Å²) in [7, 11) is 1.65. The second-order valence-corrected chi connectivity index (χ2v) is 8.25. The van der Waals surface area contributed by atoms with Crippen molar-refractivity contribution in [2.75, 3.05) is 32.1 Å². The highest BCUT2D eigenvalue weighted by atomic mass is 16.5. The topological polar surface area (TPSA) is 118 Å². The van der Waals surface area contributed by atoms with Gasteiger partial charge in [0.1, 0.15) is 5.75 Å². The second-order valence-electron chi connectivity index (χ2n) is 8.25. The Balaban J connectivity index is 1.60. The average Bonchev–Trinajstić information content (AvgIpc) is 2.89. The van der Waals surface area contributed by atoms with Crippen LogP contribution < -0.4 is 20.9 Å². The molecule has 0 aliphatic heterocycles. The van der Waals surface area contributed by atoms with Gasteiger partial charge in [0.05, 0.1) is 18.5 Å². The van der Waals surface area contributed by atoms with Crippen LogP contribution in [0.3, 0.4) is 0 Å². The first-order chi connectivity index (χ1) is 17.5. The fourth-order valence-corrected chi connectivity index (χ4v) is 3.96. The van der Waals surface area contributed by atoms with Crippen LogP contribution in [0.5, 0.6) is 5.75 Å². The Morgan fingerprint density at radius 1 is 1.03 bits per heavy atom. The number of methoxy groups -OCH3 is 1. The smallest absolute Gasteiger partial charge is 0.256 e. The van der Waals surface area contributed by atoms with Crippen LogP contribution in [0, 0.1) is 6.92 Å². The van der Waals surface area contributed by atoms with E-state index in [0.29, 0.717) is 48.8 Å². The van der Waals surface area contributed by atoms with Crippen molar-refractivity contribution in [2.24, 2.45) is 0 Å². The normalized spacial score (nSPS) is 10.9. The first-order valence-electron chi connectivity index (χ1n) is 11.8. The quantitative estimate of drug-likeness (QED) is 0.294. The maximum absolute atomic E-state index is 12.9. The number of ether oxygens (including phenoxy) is 1. The zero-order valence-electron chi connectivity index (χ0n) is 20.3. The highest BCUT2D eigenvalue weighted by Crippen LogP contribution is 2.20. The fraction of sp³-hybridized carbons (Fsp3) is 0.259. The maximum atomic E-state index is 12.9. The molecule has 0 unspecified atom stereocenters. The van der Waals surface area contributed by atoms with E-state index in [9.17, 15) is 9.59 Å². The Kier molecular flexibility index (Phi) is 7.92. The van der Waals surface area contributed by atoms with Crippen molar-refractivity contribution in [3.8, 4) is 11.4 Å². The van der Waals surface area contributed by atoms with E-state index < -0.39 is 0 Å². The number of aryl methyl sites for hydroxylation is 1. The zero-order valence-corrected chi connectivity index (χ0v) is 20.3. The third-order valence-electron chi connectivity index (χ3n) is 5.82. The fourth-order valence-electron chi connectivity index (χ4n) is 3.96. The van der Waals surface area contributed by atoms with Gasteiger partial charge < -0.3 is 20.5 Å². The summed E-state index contributed by atoms with van der Waals surface area (Å²) in [6, 6.07) is 17.8. The molecule has 36 heavy (non-hydrogen) atoms. The summed E-state index contributed by atoms with van der Waals surface area (Å²) in [5.74, 6) is 1.02. The summed E-state index contributed by atoms with van der Waals surface area (Å²) in [5, 5.41) is 15.7. The van der Waals surface area contributed by atoms with Gasteiger partial charge in [-0.2, -0.15) is 4.98 Å². The summed E-state index contributed by atoms with van der Waals surface area (Å²) >= 11 is 0. The Bertz CT molecular complexity index is 1420. The molecule has 2 heterocycles. The van der Waals surface area contributed by atoms with Crippen molar-refractivity contribution < 1.29 is 14.6 Å². The molecule has 0 saturated heterocycles. The van der Waals surface area contributed by atoms with E-state index in [1.165, 1.54) is 10.6 Å². The number of pyridine rings is 1. The van der Waals surface area contributed by atoms with Gasteiger partial charge in [-0.15, -0.1) is 0 Å². The number of benzene rings is 2. The van der Waals surface area contributed by atoms with Gasteiger partial charge in [0.15, 0.2) is 5.65 Å². The van der Waals surface area contributed by atoms with Gasteiger partial charge in [-0.05, 0) is 61.7 Å². The standard InChI is InChI=1S/C27H29N5O4/c1-18-22-12-13-24(34)32(21-10-8-20(9-11-21)26(35)28-15-5-17-33)25(22)31-27(30-18)29-16-14-19-6-3-4-7-23(19)36-2/h3-4,6-13,33H,5,14-17H2,1-2H3,(H,28,35)(H,29,30,31).